The minimum absolute atomic E-state index is 0.00643. The zero-order valence-electron chi connectivity index (χ0n) is 21.0. The number of nitrogens with zero attached hydrogens (tertiary/aromatic N) is 3. The number of thiophene rings is 1. The van der Waals surface area contributed by atoms with Crippen LogP contribution in [0.3, 0.4) is 0 Å². The number of rotatable bonds is 8. The molecular weight excluding hydrogens is 542 g/mol. The maximum absolute atomic E-state index is 15.1. The zero-order chi connectivity index (χ0) is 28.5. The highest BCUT2D eigenvalue weighted by atomic mass is 32.1. The van der Waals surface area contributed by atoms with E-state index in [1.165, 1.54) is 24.0 Å². The number of piperidine rings is 1. The van der Waals surface area contributed by atoms with Gasteiger partial charge in [-0.05, 0) is 36.8 Å². The third-order valence-corrected chi connectivity index (χ3v) is 8.28. The minimum Gasteiger partial charge on any atom is -0.481 e. The Morgan fingerprint density at radius 3 is 2.33 bits per heavy atom. The fraction of sp³-hybridized carbons (Fsp3) is 0.462. The fourth-order valence-electron chi connectivity index (χ4n) is 4.85. The summed E-state index contributed by atoms with van der Waals surface area (Å²) in [6, 6.07) is 7.79. The van der Waals surface area contributed by atoms with Crippen LogP contribution in [0.25, 0.3) is 10.2 Å². The minimum atomic E-state index is -4.59. The summed E-state index contributed by atoms with van der Waals surface area (Å²) >= 11 is 0.770. The van der Waals surface area contributed by atoms with E-state index < -0.39 is 55.0 Å². The molecular formula is C26H27F4N3O5S. The van der Waals surface area contributed by atoms with Crippen molar-refractivity contribution in [2.75, 3.05) is 13.1 Å². The molecule has 39 heavy (non-hydrogen) atoms. The van der Waals surface area contributed by atoms with Gasteiger partial charge in [0.15, 0.2) is 0 Å². The van der Waals surface area contributed by atoms with E-state index in [2.05, 4.69) is 0 Å². The Morgan fingerprint density at radius 1 is 1.10 bits per heavy atom. The molecule has 4 rings (SSSR count). The van der Waals surface area contributed by atoms with Crippen LogP contribution in [0.15, 0.2) is 39.9 Å². The Morgan fingerprint density at radius 2 is 1.74 bits per heavy atom. The van der Waals surface area contributed by atoms with Crippen LogP contribution in [0, 0.1) is 12.8 Å². The van der Waals surface area contributed by atoms with Gasteiger partial charge in [-0.2, -0.15) is 13.2 Å². The van der Waals surface area contributed by atoms with Gasteiger partial charge in [-0.3, -0.25) is 23.5 Å². The first kappa shape index (κ1) is 28.5. The summed E-state index contributed by atoms with van der Waals surface area (Å²) < 4.78 is 55.8. The molecule has 1 aliphatic heterocycles. The largest absolute Gasteiger partial charge is 0.481 e. The van der Waals surface area contributed by atoms with Gasteiger partial charge in [-0.15, -0.1) is 11.3 Å². The molecule has 1 N–H and O–H groups in total. The van der Waals surface area contributed by atoms with Crippen LogP contribution in [0.2, 0.25) is 0 Å². The van der Waals surface area contributed by atoms with Crippen molar-refractivity contribution in [1.29, 1.82) is 0 Å². The van der Waals surface area contributed by atoms with Crippen molar-refractivity contribution in [2.45, 2.75) is 58.0 Å². The predicted octanol–water partition coefficient (Wildman–Crippen LogP) is 4.52. The molecule has 0 radical (unpaired) electrons. The van der Waals surface area contributed by atoms with Crippen molar-refractivity contribution in [3.05, 3.63) is 67.2 Å². The van der Waals surface area contributed by atoms with Gasteiger partial charge in [-0.25, -0.2) is 9.18 Å². The van der Waals surface area contributed by atoms with E-state index in [9.17, 15) is 32.3 Å². The average molecular weight is 570 g/mol. The summed E-state index contributed by atoms with van der Waals surface area (Å²) in [5.41, 5.74) is -1.54. The molecule has 210 valence electrons. The van der Waals surface area contributed by atoms with E-state index in [4.69, 9.17) is 5.11 Å². The maximum atomic E-state index is 15.1. The van der Waals surface area contributed by atoms with E-state index in [0.717, 1.165) is 15.9 Å². The van der Waals surface area contributed by atoms with Crippen LogP contribution >= 0.6 is 11.3 Å². The number of carbonyl (C=O) groups is 2. The summed E-state index contributed by atoms with van der Waals surface area (Å²) in [6.07, 6.45) is -6.77. The smallest absolute Gasteiger partial charge is 0.390 e. The molecule has 2 aromatic heterocycles. The maximum Gasteiger partial charge on any atom is 0.390 e. The monoisotopic (exact) mass is 569 g/mol. The van der Waals surface area contributed by atoms with E-state index in [0.29, 0.717) is 17.4 Å². The van der Waals surface area contributed by atoms with Crippen molar-refractivity contribution in [1.82, 2.24) is 14.0 Å². The molecule has 8 nitrogen and oxygen atoms in total. The molecule has 0 aliphatic carbocycles. The van der Waals surface area contributed by atoms with E-state index in [-0.39, 0.29) is 51.6 Å². The number of halogens is 4. The van der Waals surface area contributed by atoms with Gasteiger partial charge in [0.25, 0.3) is 11.5 Å². The second-order valence-electron chi connectivity index (χ2n) is 9.66. The van der Waals surface area contributed by atoms with Gasteiger partial charge in [0, 0.05) is 26.1 Å². The van der Waals surface area contributed by atoms with Crippen molar-refractivity contribution in [2.24, 2.45) is 5.92 Å². The lowest BCUT2D eigenvalue weighted by atomic mass is 9.93. The number of carboxylic acid groups (broad SMARTS) is 1. The molecule has 1 aliphatic rings. The first-order valence-corrected chi connectivity index (χ1v) is 13.2. The molecule has 1 amide bonds. The van der Waals surface area contributed by atoms with Crippen molar-refractivity contribution in [3.8, 4) is 0 Å². The fourth-order valence-corrected chi connectivity index (χ4v) is 6.14. The van der Waals surface area contributed by atoms with Crippen LogP contribution in [0.5, 0.6) is 0 Å². The second kappa shape index (κ2) is 11.3. The Labute approximate surface area is 224 Å². The van der Waals surface area contributed by atoms with Crippen LogP contribution < -0.4 is 11.2 Å². The first-order chi connectivity index (χ1) is 18.4. The Kier molecular flexibility index (Phi) is 8.28. The molecule has 1 aromatic carbocycles. The van der Waals surface area contributed by atoms with E-state index in [1.807, 2.05) is 0 Å². The molecule has 3 heterocycles. The predicted molar refractivity (Wildman–Crippen MR) is 137 cm³/mol. The molecule has 0 saturated carbocycles. The number of carboxylic acids is 1. The number of hydrogen-bond acceptors (Lipinski definition) is 5. The third-order valence-electron chi connectivity index (χ3n) is 6.98. The highest BCUT2D eigenvalue weighted by molar-refractivity contribution is 7.20. The lowest BCUT2D eigenvalue weighted by Gasteiger charge is -2.31. The van der Waals surface area contributed by atoms with Crippen LogP contribution in [0.1, 0.15) is 52.7 Å². The highest BCUT2D eigenvalue weighted by Gasteiger charge is 2.32. The van der Waals surface area contributed by atoms with E-state index >= 15 is 4.39 Å². The van der Waals surface area contributed by atoms with Gasteiger partial charge < -0.3 is 10.0 Å². The van der Waals surface area contributed by atoms with Crippen LogP contribution in [-0.4, -0.2) is 50.3 Å². The molecule has 3 aromatic rings. The molecule has 1 atom stereocenters. The number of alkyl halides is 4. The molecule has 0 spiro atoms. The normalized spacial score (nSPS) is 15.6. The average Bonchev–Trinajstić information content (AvgIpc) is 3.22. The number of aliphatic carboxylic acids is 1. The molecule has 1 unspecified atom stereocenters. The van der Waals surface area contributed by atoms with Gasteiger partial charge in [-0.1, -0.05) is 30.3 Å². The van der Waals surface area contributed by atoms with Gasteiger partial charge in [0.1, 0.15) is 11.0 Å². The van der Waals surface area contributed by atoms with Gasteiger partial charge >= 0.3 is 17.8 Å². The summed E-state index contributed by atoms with van der Waals surface area (Å²) in [6.45, 7) is 0.568. The topological polar surface area (TPSA) is 102 Å². The lowest BCUT2D eigenvalue weighted by Crippen LogP contribution is -2.41. The lowest BCUT2D eigenvalue weighted by molar-refractivity contribution is -0.138. The van der Waals surface area contributed by atoms with Gasteiger partial charge in [0.2, 0.25) is 0 Å². The van der Waals surface area contributed by atoms with E-state index in [1.54, 1.807) is 18.2 Å². The Hall–Kier alpha value is -3.48. The zero-order valence-corrected chi connectivity index (χ0v) is 21.9. The standard InChI is InChI=1S/C26H27F4N3O5S/c1-15-20-22(36)33(14-18(27)17-5-3-2-4-6-17)25(38)32(12-9-26(28,29)30)24(20)39-21(15)23(37)31-10-7-16(8-11-31)13-19(34)35/h2-6,16,18H,7-14H2,1H3,(H,34,35). The number of likely N-dealkylation sites (tertiary alicyclic amines) is 1. The highest BCUT2D eigenvalue weighted by Crippen LogP contribution is 2.32. The molecule has 1 saturated heterocycles. The Balaban J connectivity index is 1.75. The number of carbonyl (C=O) groups excluding carboxylic acids is 1. The number of fused-ring (bicyclic) bond motifs is 1. The summed E-state index contributed by atoms with van der Waals surface area (Å²) in [7, 11) is 0. The number of amides is 1. The van der Waals surface area contributed by atoms with Crippen molar-refractivity contribution >= 4 is 33.4 Å². The summed E-state index contributed by atoms with van der Waals surface area (Å²) in [5.74, 6) is -1.44. The van der Waals surface area contributed by atoms with Gasteiger partial charge in [0.05, 0.1) is 23.2 Å². The van der Waals surface area contributed by atoms with Crippen LogP contribution in [-0.2, 0) is 17.9 Å². The first-order valence-electron chi connectivity index (χ1n) is 12.4. The third kappa shape index (κ3) is 6.23. The van der Waals surface area contributed by atoms with Crippen LogP contribution in [0.4, 0.5) is 17.6 Å². The molecule has 0 bridgehead atoms. The molecule has 1 fully saturated rings. The number of hydrogen-bond donors (Lipinski definition) is 1. The number of benzene rings is 1. The van der Waals surface area contributed by atoms with Crippen molar-refractivity contribution < 1.29 is 32.3 Å². The van der Waals surface area contributed by atoms with Crippen molar-refractivity contribution in [3.63, 3.8) is 0 Å². The number of aromatic nitrogens is 2. The summed E-state index contributed by atoms with van der Waals surface area (Å²) in [5, 5.41) is 8.92. The molecule has 13 heteroatoms. The Bertz CT molecular complexity index is 1490. The SMILES string of the molecule is Cc1c(C(=O)N2CCC(CC(=O)O)CC2)sc2c1c(=O)n(CC(F)c1ccccc1)c(=O)n2CCC(F)(F)F. The quantitative estimate of drug-likeness (QED) is 0.402. The number of aryl methyl sites for hydroxylation is 2. The summed E-state index contributed by atoms with van der Waals surface area (Å²) in [4.78, 5) is 52.6. The second-order valence-corrected chi connectivity index (χ2v) is 10.7.